The summed E-state index contributed by atoms with van der Waals surface area (Å²) in [4.78, 5) is 24.4. The van der Waals surface area contributed by atoms with Gasteiger partial charge in [0, 0.05) is 31.0 Å². The van der Waals surface area contributed by atoms with Gasteiger partial charge in [0.1, 0.15) is 5.82 Å². The van der Waals surface area contributed by atoms with Crippen molar-refractivity contribution in [3.8, 4) is 0 Å². The molecule has 7 nitrogen and oxygen atoms in total. The standard InChI is InChI=1S/C22H28N6OS/c1-3-13-30-22-25-19(27-10-4-5-11-27)18-15-24-28(20(18)26-22)12-9-23-21(29)17-8-6-7-16(2)14-17/h6-8,14-15H,3-5,9-13H2,1-2H3,(H,23,29). The van der Waals surface area contributed by atoms with Crippen molar-refractivity contribution in [2.75, 3.05) is 30.3 Å². The molecule has 1 fully saturated rings. The Morgan fingerprint density at radius 2 is 2.07 bits per heavy atom. The number of fused-ring (bicyclic) bond motifs is 1. The third-order valence-electron chi connectivity index (χ3n) is 5.19. The SMILES string of the molecule is CCCSc1nc(N2CCCC2)c2cnn(CCNC(=O)c3cccc(C)c3)c2n1. The number of hydrogen-bond acceptors (Lipinski definition) is 6. The van der Waals surface area contributed by atoms with Gasteiger partial charge in [-0.25, -0.2) is 14.6 Å². The molecule has 0 saturated carbocycles. The van der Waals surface area contributed by atoms with Gasteiger partial charge in [0.15, 0.2) is 10.8 Å². The molecule has 1 amide bonds. The summed E-state index contributed by atoms with van der Waals surface area (Å²) in [7, 11) is 0. The van der Waals surface area contributed by atoms with E-state index in [1.54, 1.807) is 11.8 Å². The van der Waals surface area contributed by atoms with Gasteiger partial charge in [-0.15, -0.1) is 0 Å². The molecule has 0 atom stereocenters. The number of aryl methyl sites for hydroxylation is 1. The van der Waals surface area contributed by atoms with E-state index in [4.69, 9.17) is 9.97 Å². The lowest BCUT2D eigenvalue weighted by atomic mass is 10.1. The predicted molar refractivity (Wildman–Crippen MR) is 121 cm³/mol. The number of hydrogen-bond donors (Lipinski definition) is 1. The fraction of sp³-hybridized carbons (Fsp3) is 0.455. The van der Waals surface area contributed by atoms with Gasteiger partial charge in [0.05, 0.1) is 18.1 Å². The number of anilines is 1. The molecule has 1 aromatic carbocycles. The maximum atomic E-state index is 12.4. The van der Waals surface area contributed by atoms with E-state index in [1.807, 2.05) is 42.1 Å². The second-order valence-electron chi connectivity index (χ2n) is 7.60. The molecule has 1 N–H and O–H groups in total. The number of carbonyl (C=O) groups is 1. The fourth-order valence-electron chi connectivity index (χ4n) is 3.68. The van der Waals surface area contributed by atoms with Crippen LogP contribution in [0.5, 0.6) is 0 Å². The first-order valence-electron chi connectivity index (χ1n) is 10.6. The second-order valence-corrected chi connectivity index (χ2v) is 8.66. The number of carbonyl (C=O) groups excluding carboxylic acids is 1. The van der Waals surface area contributed by atoms with Crippen LogP contribution in [0.25, 0.3) is 11.0 Å². The predicted octanol–water partition coefficient (Wildman–Crippen LogP) is 3.67. The Hall–Kier alpha value is -2.61. The van der Waals surface area contributed by atoms with Crippen molar-refractivity contribution < 1.29 is 4.79 Å². The first-order valence-corrected chi connectivity index (χ1v) is 11.6. The van der Waals surface area contributed by atoms with Crippen LogP contribution in [0.15, 0.2) is 35.6 Å². The smallest absolute Gasteiger partial charge is 0.251 e. The summed E-state index contributed by atoms with van der Waals surface area (Å²) in [5.41, 5.74) is 2.59. The number of aromatic nitrogens is 4. The minimum atomic E-state index is -0.0678. The van der Waals surface area contributed by atoms with E-state index < -0.39 is 0 Å². The first kappa shape index (κ1) is 20.7. The fourth-order valence-corrected chi connectivity index (χ4v) is 4.36. The second kappa shape index (κ2) is 9.47. The summed E-state index contributed by atoms with van der Waals surface area (Å²) in [6.07, 6.45) is 5.33. The molecule has 0 bridgehead atoms. The van der Waals surface area contributed by atoms with Crippen LogP contribution in [0.1, 0.15) is 42.1 Å². The summed E-state index contributed by atoms with van der Waals surface area (Å²) in [6, 6.07) is 7.61. The van der Waals surface area contributed by atoms with Crippen molar-refractivity contribution in [3.63, 3.8) is 0 Å². The zero-order valence-electron chi connectivity index (χ0n) is 17.6. The molecule has 158 valence electrons. The van der Waals surface area contributed by atoms with Gasteiger partial charge < -0.3 is 10.2 Å². The molecule has 0 radical (unpaired) electrons. The monoisotopic (exact) mass is 424 g/mol. The highest BCUT2D eigenvalue weighted by Crippen LogP contribution is 2.29. The summed E-state index contributed by atoms with van der Waals surface area (Å²) in [6.45, 7) is 7.26. The molecule has 1 aliphatic rings. The molecule has 30 heavy (non-hydrogen) atoms. The average Bonchev–Trinajstić information content (AvgIpc) is 3.42. The minimum absolute atomic E-state index is 0.0678. The number of amides is 1. The normalized spacial score (nSPS) is 13.9. The molecular weight excluding hydrogens is 396 g/mol. The van der Waals surface area contributed by atoms with Gasteiger partial charge in [-0.05, 0) is 38.3 Å². The van der Waals surface area contributed by atoms with Gasteiger partial charge in [0.2, 0.25) is 0 Å². The third kappa shape index (κ3) is 4.59. The van der Waals surface area contributed by atoms with Gasteiger partial charge in [-0.1, -0.05) is 36.4 Å². The molecule has 0 spiro atoms. The number of rotatable bonds is 8. The van der Waals surface area contributed by atoms with Crippen molar-refractivity contribution in [3.05, 3.63) is 41.6 Å². The molecule has 8 heteroatoms. The van der Waals surface area contributed by atoms with E-state index in [0.29, 0.717) is 18.7 Å². The number of thioether (sulfide) groups is 1. The summed E-state index contributed by atoms with van der Waals surface area (Å²) in [5, 5.41) is 9.34. The van der Waals surface area contributed by atoms with Crippen LogP contribution in [0.4, 0.5) is 5.82 Å². The Kier molecular flexibility index (Phi) is 6.52. The maximum Gasteiger partial charge on any atom is 0.251 e. The zero-order valence-corrected chi connectivity index (χ0v) is 18.4. The van der Waals surface area contributed by atoms with Crippen LogP contribution in [-0.2, 0) is 6.54 Å². The van der Waals surface area contributed by atoms with E-state index in [0.717, 1.165) is 52.8 Å². The van der Waals surface area contributed by atoms with Crippen molar-refractivity contribution in [2.45, 2.75) is 44.8 Å². The molecule has 1 aliphatic heterocycles. The van der Waals surface area contributed by atoms with Crippen molar-refractivity contribution in [1.82, 2.24) is 25.1 Å². The lowest BCUT2D eigenvalue weighted by Crippen LogP contribution is -2.27. The van der Waals surface area contributed by atoms with E-state index in [1.165, 1.54) is 12.8 Å². The molecule has 3 aromatic rings. The van der Waals surface area contributed by atoms with E-state index >= 15 is 0 Å². The van der Waals surface area contributed by atoms with Crippen LogP contribution in [0.3, 0.4) is 0 Å². The third-order valence-corrected chi connectivity index (χ3v) is 6.24. The van der Waals surface area contributed by atoms with Gasteiger partial charge in [-0.2, -0.15) is 5.10 Å². The van der Waals surface area contributed by atoms with Crippen molar-refractivity contribution in [1.29, 1.82) is 0 Å². The molecule has 2 aromatic heterocycles. The van der Waals surface area contributed by atoms with Crippen molar-refractivity contribution in [2.24, 2.45) is 0 Å². The number of nitrogens with one attached hydrogen (secondary N) is 1. The molecule has 0 aliphatic carbocycles. The van der Waals surface area contributed by atoms with E-state index in [9.17, 15) is 4.79 Å². The van der Waals surface area contributed by atoms with Crippen molar-refractivity contribution >= 4 is 34.5 Å². The van der Waals surface area contributed by atoms with Crippen LogP contribution in [0.2, 0.25) is 0 Å². The Morgan fingerprint density at radius 1 is 1.23 bits per heavy atom. The maximum absolute atomic E-state index is 12.4. The first-order chi connectivity index (χ1) is 14.7. The molecule has 3 heterocycles. The lowest BCUT2D eigenvalue weighted by Gasteiger charge is -2.18. The largest absolute Gasteiger partial charge is 0.356 e. The van der Waals surface area contributed by atoms with Gasteiger partial charge in [-0.3, -0.25) is 4.79 Å². The minimum Gasteiger partial charge on any atom is -0.356 e. The summed E-state index contributed by atoms with van der Waals surface area (Å²) >= 11 is 1.69. The van der Waals surface area contributed by atoms with Crippen LogP contribution >= 0.6 is 11.8 Å². The zero-order chi connectivity index (χ0) is 20.9. The van der Waals surface area contributed by atoms with Gasteiger partial charge >= 0.3 is 0 Å². The Morgan fingerprint density at radius 3 is 2.83 bits per heavy atom. The van der Waals surface area contributed by atoms with E-state index in [-0.39, 0.29) is 5.91 Å². The number of benzene rings is 1. The van der Waals surface area contributed by atoms with Gasteiger partial charge in [0.25, 0.3) is 5.91 Å². The summed E-state index contributed by atoms with van der Waals surface area (Å²) < 4.78 is 1.88. The highest BCUT2D eigenvalue weighted by Gasteiger charge is 2.20. The Bertz CT molecular complexity index is 1030. The quantitative estimate of drug-likeness (QED) is 0.439. The average molecular weight is 425 g/mol. The Labute approximate surface area is 181 Å². The molecule has 1 saturated heterocycles. The molecular formula is C22H28N6OS. The highest BCUT2D eigenvalue weighted by molar-refractivity contribution is 7.99. The van der Waals surface area contributed by atoms with Crippen LogP contribution in [0, 0.1) is 6.92 Å². The summed E-state index contributed by atoms with van der Waals surface area (Å²) in [5.74, 6) is 1.92. The van der Waals surface area contributed by atoms with Crippen LogP contribution in [-0.4, -0.2) is 51.0 Å². The topological polar surface area (TPSA) is 75.9 Å². The number of nitrogens with zero attached hydrogens (tertiary/aromatic N) is 5. The highest BCUT2D eigenvalue weighted by atomic mass is 32.2. The molecule has 0 unspecified atom stereocenters. The lowest BCUT2D eigenvalue weighted by molar-refractivity contribution is 0.0952. The molecule has 4 rings (SSSR count). The van der Waals surface area contributed by atoms with E-state index in [2.05, 4.69) is 22.2 Å². The Balaban J connectivity index is 1.52. The van der Waals surface area contributed by atoms with Crippen LogP contribution < -0.4 is 10.2 Å².